The minimum absolute atomic E-state index is 0.0949. The van der Waals surface area contributed by atoms with E-state index in [9.17, 15) is 9.90 Å². The molecule has 0 saturated carbocycles. The molecule has 0 radical (unpaired) electrons. The summed E-state index contributed by atoms with van der Waals surface area (Å²) in [4.78, 5) is 10.0. The molecular weight excluding hydrogens is 168 g/mol. The third-order valence-electron chi connectivity index (χ3n) is 1.59. The molecule has 68 valence electrons. The minimum atomic E-state index is 0.0949. The molecule has 0 heterocycles. The number of allylic oxidation sites excluding steroid dienone is 1. The van der Waals surface area contributed by atoms with E-state index >= 15 is 0 Å². The van der Waals surface area contributed by atoms with E-state index in [0.717, 1.165) is 0 Å². The fraction of sp³-hybridized carbons (Fsp3) is 0.100. The van der Waals surface area contributed by atoms with Crippen molar-refractivity contribution in [2.24, 2.45) is 0 Å². The Morgan fingerprint density at radius 2 is 2.23 bits per heavy atom. The van der Waals surface area contributed by atoms with Crippen LogP contribution in [0.25, 0.3) is 6.08 Å². The zero-order valence-corrected chi connectivity index (χ0v) is 7.23. The molecule has 0 aliphatic carbocycles. The smallest absolute Gasteiger partial charge is 0.142 e. The van der Waals surface area contributed by atoms with Crippen LogP contribution in [0.3, 0.4) is 0 Å². The van der Waals surface area contributed by atoms with Crippen molar-refractivity contribution >= 4 is 12.4 Å². The average Bonchev–Trinajstić information content (AvgIpc) is 2.16. The van der Waals surface area contributed by atoms with Gasteiger partial charge in [-0.1, -0.05) is 0 Å². The monoisotopic (exact) mass is 178 g/mol. The maximum Gasteiger partial charge on any atom is 0.142 e. The van der Waals surface area contributed by atoms with Gasteiger partial charge < -0.3 is 9.84 Å². The van der Waals surface area contributed by atoms with Gasteiger partial charge in [0.1, 0.15) is 17.8 Å². The van der Waals surface area contributed by atoms with Crippen LogP contribution in [0.4, 0.5) is 0 Å². The Kier molecular flexibility index (Phi) is 3.09. The molecule has 0 saturated heterocycles. The van der Waals surface area contributed by atoms with E-state index in [1.54, 1.807) is 12.1 Å². The molecule has 13 heavy (non-hydrogen) atoms. The topological polar surface area (TPSA) is 46.5 Å². The molecule has 0 atom stereocenters. The summed E-state index contributed by atoms with van der Waals surface area (Å²) in [6, 6.07) is 4.88. The number of benzene rings is 1. The number of hydrogen-bond donors (Lipinski definition) is 1. The third kappa shape index (κ3) is 2.33. The van der Waals surface area contributed by atoms with Crippen molar-refractivity contribution < 1.29 is 14.6 Å². The van der Waals surface area contributed by atoms with Gasteiger partial charge in [0.25, 0.3) is 0 Å². The normalized spacial score (nSPS) is 10.2. The number of carbonyl (C=O) groups is 1. The highest BCUT2D eigenvalue weighted by Gasteiger charge is 1.98. The molecule has 0 aromatic heterocycles. The van der Waals surface area contributed by atoms with Crippen molar-refractivity contribution in [1.82, 2.24) is 0 Å². The van der Waals surface area contributed by atoms with Crippen LogP contribution in [0.5, 0.6) is 11.5 Å². The fourth-order valence-corrected chi connectivity index (χ4v) is 0.934. The second kappa shape index (κ2) is 4.30. The van der Waals surface area contributed by atoms with E-state index in [1.165, 1.54) is 25.3 Å². The summed E-state index contributed by atoms with van der Waals surface area (Å²) in [6.45, 7) is 0. The van der Waals surface area contributed by atoms with Crippen molar-refractivity contribution in [3.8, 4) is 11.5 Å². The number of methoxy groups -OCH3 is 1. The Morgan fingerprint density at radius 1 is 1.46 bits per heavy atom. The summed E-state index contributed by atoms with van der Waals surface area (Å²) < 4.78 is 4.90. The lowest BCUT2D eigenvalue weighted by Crippen LogP contribution is -1.82. The average molecular weight is 178 g/mol. The van der Waals surface area contributed by atoms with Gasteiger partial charge in [-0.3, -0.25) is 4.79 Å². The molecule has 1 rings (SSSR count). The number of aldehydes is 1. The molecule has 1 aromatic carbocycles. The van der Waals surface area contributed by atoms with Gasteiger partial charge >= 0.3 is 0 Å². The van der Waals surface area contributed by atoms with E-state index in [1.807, 2.05) is 0 Å². The van der Waals surface area contributed by atoms with E-state index in [4.69, 9.17) is 4.74 Å². The lowest BCUT2D eigenvalue weighted by molar-refractivity contribution is -0.104. The van der Waals surface area contributed by atoms with Gasteiger partial charge in [0.2, 0.25) is 0 Å². The van der Waals surface area contributed by atoms with Crippen molar-refractivity contribution in [1.29, 1.82) is 0 Å². The molecule has 3 heteroatoms. The second-order valence-electron chi connectivity index (χ2n) is 2.42. The Labute approximate surface area is 76.3 Å². The zero-order chi connectivity index (χ0) is 9.68. The molecule has 0 spiro atoms. The van der Waals surface area contributed by atoms with Gasteiger partial charge in [0, 0.05) is 11.6 Å². The first-order valence-electron chi connectivity index (χ1n) is 3.77. The van der Waals surface area contributed by atoms with Gasteiger partial charge in [0.15, 0.2) is 0 Å². The van der Waals surface area contributed by atoms with Crippen LogP contribution < -0.4 is 4.74 Å². The number of rotatable bonds is 3. The molecule has 0 fully saturated rings. The molecule has 0 amide bonds. The number of phenols is 1. The number of carbonyl (C=O) groups excluding carboxylic acids is 1. The maximum absolute atomic E-state index is 10.0. The maximum atomic E-state index is 10.0. The summed E-state index contributed by atoms with van der Waals surface area (Å²) in [6.07, 6.45) is 3.51. The Morgan fingerprint density at radius 3 is 2.77 bits per heavy atom. The van der Waals surface area contributed by atoms with Crippen LogP contribution >= 0.6 is 0 Å². The number of phenolic OH excluding ortho intramolecular Hbond substituents is 1. The molecule has 3 nitrogen and oxygen atoms in total. The lowest BCUT2D eigenvalue weighted by atomic mass is 10.2. The Bertz CT molecular complexity index is 329. The zero-order valence-electron chi connectivity index (χ0n) is 7.23. The Balaban J connectivity index is 2.98. The highest BCUT2D eigenvalue weighted by atomic mass is 16.5. The molecule has 1 N–H and O–H groups in total. The predicted octanol–water partition coefficient (Wildman–Crippen LogP) is 1.61. The summed E-state index contributed by atoms with van der Waals surface area (Å²) >= 11 is 0. The summed E-state index contributed by atoms with van der Waals surface area (Å²) in [7, 11) is 1.52. The molecule has 0 aliphatic heterocycles. The largest absolute Gasteiger partial charge is 0.507 e. The van der Waals surface area contributed by atoms with Gasteiger partial charge in [0.05, 0.1) is 7.11 Å². The molecule has 1 aromatic rings. The minimum Gasteiger partial charge on any atom is -0.507 e. The fourth-order valence-electron chi connectivity index (χ4n) is 0.934. The first-order valence-corrected chi connectivity index (χ1v) is 3.77. The standard InChI is InChI=1S/C10H10O3/c1-13-9-5-4-8(3-2-6-11)10(12)7-9/h2-7,12H,1H3. The van der Waals surface area contributed by atoms with Gasteiger partial charge in [-0.15, -0.1) is 0 Å². The lowest BCUT2D eigenvalue weighted by Gasteiger charge is -2.02. The highest BCUT2D eigenvalue weighted by molar-refractivity contribution is 5.75. The molecular formula is C10H10O3. The first-order chi connectivity index (χ1) is 6.27. The summed E-state index contributed by atoms with van der Waals surface area (Å²) in [5, 5.41) is 9.40. The van der Waals surface area contributed by atoms with E-state index < -0.39 is 0 Å². The molecule has 0 unspecified atom stereocenters. The third-order valence-corrected chi connectivity index (χ3v) is 1.59. The van der Waals surface area contributed by atoms with E-state index in [0.29, 0.717) is 17.6 Å². The van der Waals surface area contributed by atoms with Crippen LogP contribution in [-0.4, -0.2) is 18.5 Å². The summed E-state index contributed by atoms with van der Waals surface area (Å²) in [5.74, 6) is 0.679. The number of hydrogen-bond acceptors (Lipinski definition) is 3. The van der Waals surface area contributed by atoms with Crippen LogP contribution in [-0.2, 0) is 4.79 Å². The SMILES string of the molecule is COc1ccc(C=CC=O)c(O)c1. The Hall–Kier alpha value is -1.77. The van der Waals surface area contributed by atoms with Crippen LogP contribution in [0, 0.1) is 0 Å². The van der Waals surface area contributed by atoms with Crippen molar-refractivity contribution in [2.45, 2.75) is 0 Å². The molecule has 0 aliphatic rings. The van der Waals surface area contributed by atoms with Crippen LogP contribution in [0.1, 0.15) is 5.56 Å². The first kappa shape index (κ1) is 9.32. The van der Waals surface area contributed by atoms with E-state index in [2.05, 4.69) is 0 Å². The predicted molar refractivity (Wildman–Crippen MR) is 49.8 cm³/mol. The van der Waals surface area contributed by atoms with Crippen molar-refractivity contribution in [2.75, 3.05) is 7.11 Å². The molecule has 0 bridgehead atoms. The van der Waals surface area contributed by atoms with Crippen LogP contribution in [0.2, 0.25) is 0 Å². The van der Waals surface area contributed by atoms with Crippen molar-refractivity contribution in [3.63, 3.8) is 0 Å². The van der Waals surface area contributed by atoms with E-state index in [-0.39, 0.29) is 5.75 Å². The number of ether oxygens (including phenoxy) is 1. The van der Waals surface area contributed by atoms with Gasteiger partial charge in [-0.05, 0) is 24.3 Å². The number of aromatic hydroxyl groups is 1. The quantitative estimate of drug-likeness (QED) is 0.565. The second-order valence-corrected chi connectivity index (χ2v) is 2.42. The summed E-state index contributed by atoms with van der Waals surface area (Å²) in [5.41, 5.74) is 0.591. The van der Waals surface area contributed by atoms with Gasteiger partial charge in [-0.2, -0.15) is 0 Å². The highest BCUT2D eigenvalue weighted by Crippen LogP contribution is 2.23. The van der Waals surface area contributed by atoms with Crippen molar-refractivity contribution in [3.05, 3.63) is 29.8 Å². The van der Waals surface area contributed by atoms with Gasteiger partial charge in [-0.25, -0.2) is 0 Å². The van der Waals surface area contributed by atoms with Crippen LogP contribution in [0.15, 0.2) is 24.3 Å².